The molecule has 3 aromatic carbocycles. The fourth-order valence-electron chi connectivity index (χ4n) is 3.97. The molecule has 1 atom stereocenters. The highest BCUT2D eigenvalue weighted by atomic mass is 35.5. The number of carbonyl (C=O) groups excluding carboxylic acids is 2. The molecule has 0 saturated heterocycles. The first-order chi connectivity index (χ1) is 18.6. The SMILES string of the molecule is CCCNC(=O)[C@@H](CC)N(Cc1ccc(Cl)cc1Cl)C(=O)CN(c1ccc(F)cc1)S(=O)(=O)c1ccccc1. The van der Waals surface area contributed by atoms with Crippen LogP contribution in [0.25, 0.3) is 0 Å². The number of hydrogen-bond acceptors (Lipinski definition) is 4. The molecule has 0 radical (unpaired) electrons. The van der Waals surface area contributed by atoms with Gasteiger partial charge in [-0.3, -0.25) is 13.9 Å². The van der Waals surface area contributed by atoms with Gasteiger partial charge in [0.05, 0.1) is 10.6 Å². The second kappa shape index (κ2) is 13.8. The highest BCUT2D eigenvalue weighted by Gasteiger charge is 2.33. The lowest BCUT2D eigenvalue weighted by Gasteiger charge is -2.33. The van der Waals surface area contributed by atoms with Gasteiger partial charge in [0.25, 0.3) is 10.0 Å². The summed E-state index contributed by atoms with van der Waals surface area (Å²) in [5, 5.41) is 3.53. The Bertz CT molecular complexity index is 1390. The zero-order valence-corrected chi connectivity index (χ0v) is 23.9. The average Bonchev–Trinajstić information content (AvgIpc) is 2.92. The number of sulfonamides is 1. The van der Waals surface area contributed by atoms with Crippen molar-refractivity contribution in [2.24, 2.45) is 0 Å². The molecule has 11 heteroatoms. The molecule has 208 valence electrons. The number of anilines is 1. The number of amides is 2. The largest absolute Gasteiger partial charge is 0.354 e. The van der Waals surface area contributed by atoms with Crippen LogP contribution in [0.1, 0.15) is 32.3 Å². The lowest BCUT2D eigenvalue weighted by atomic mass is 10.1. The number of hydrogen-bond donors (Lipinski definition) is 1. The van der Waals surface area contributed by atoms with E-state index in [1.54, 1.807) is 37.3 Å². The summed E-state index contributed by atoms with van der Waals surface area (Å²) in [7, 11) is -4.23. The number of rotatable bonds is 12. The molecule has 1 N–H and O–H groups in total. The van der Waals surface area contributed by atoms with E-state index in [0.29, 0.717) is 28.6 Å². The zero-order valence-electron chi connectivity index (χ0n) is 21.6. The summed E-state index contributed by atoms with van der Waals surface area (Å²) in [6, 6.07) is 16.3. The van der Waals surface area contributed by atoms with Crippen LogP contribution in [0.15, 0.2) is 77.7 Å². The van der Waals surface area contributed by atoms with Crippen molar-refractivity contribution < 1.29 is 22.4 Å². The fraction of sp³-hybridized carbons (Fsp3) is 0.286. The molecule has 39 heavy (non-hydrogen) atoms. The molecule has 0 fully saturated rings. The predicted octanol–water partition coefficient (Wildman–Crippen LogP) is 5.66. The minimum absolute atomic E-state index is 0.0397. The summed E-state index contributed by atoms with van der Waals surface area (Å²) in [4.78, 5) is 28.3. The second-order valence-corrected chi connectivity index (χ2v) is 11.5. The molecule has 0 unspecified atom stereocenters. The number of nitrogens with one attached hydrogen (secondary N) is 1. The molecular weight excluding hydrogens is 564 g/mol. The number of benzene rings is 3. The van der Waals surface area contributed by atoms with Crippen molar-refractivity contribution in [1.82, 2.24) is 10.2 Å². The van der Waals surface area contributed by atoms with Crippen LogP contribution < -0.4 is 9.62 Å². The van der Waals surface area contributed by atoms with Crippen molar-refractivity contribution in [3.63, 3.8) is 0 Å². The van der Waals surface area contributed by atoms with Crippen molar-refractivity contribution in [1.29, 1.82) is 0 Å². The van der Waals surface area contributed by atoms with Crippen LogP contribution in [0, 0.1) is 5.82 Å². The van der Waals surface area contributed by atoms with E-state index in [0.717, 1.165) is 16.4 Å². The van der Waals surface area contributed by atoms with Gasteiger partial charge in [-0.25, -0.2) is 12.8 Å². The van der Waals surface area contributed by atoms with E-state index in [9.17, 15) is 22.4 Å². The lowest BCUT2D eigenvalue weighted by molar-refractivity contribution is -0.140. The van der Waals surface area contributed by atoms with Crippen molar-refractivity contribution in [3.8, 4) is 0 Å². The maximum atomic E-state index is 13.9. The Labute approximate surface area is 238 Å². The van der Waals surface area contributed by atoms with Crippen LogP contribution in [0.3, 0.4) is 0 Å². The van der Waals surface area contributed by atoms with Gasteiger partial charge < -0.3 is 10.2 Å². The van der Waals surface area contributed by atoms with Crippen LogP contribution in [-0.2, 0) is 26.2 Å². The molecule has 0 bridgehead atoms. The minimum atomic E-state index is -4.23. The van der Waals surface area contributed by atoms with Crippen LogP contribution in [0.4, 0.5) is 10.1 Å². The molecule has 2 amide bonds. The van der Waals surface area contributed by atoms with Gasteiger partial charge in [-0.05, 0) is 66.9 Å². The molecule has 0 heterocycles. The van der Waals surface area contributed by atoms with Crippen molar-refractivity contribution >= 4 is 50.7 Å². The lowest BCUT2D eigenvalue weighted by Crippen LogP contribution is -2.52. The Balaban J connectivity index is 2.05. The van der Waals surface area contributed by atoms with E-state index >= 15 is 0 Å². The smallest absolute Gasteiger partial charge is 0.264 e. The molecule has 7 nitrogen and oxygen atoms in total. The van der Waals surface area contributed by atoms with Gasteiger partial charge in [0.1, 0.15) is 18.4 Å². The van der Waals surface area contributed by atoms with Gasteiger partial charge >= 0.3 is 0 Å². The third-order valence-corrected chi connectivity index (χ3v) is 8.39. The molecular formula is C28H30Cl2FN3O4S. The molecule has 3 rings (SSSR count). The summed E-state index contributed by atoms with van der Waals surface area (Å²) in [5.74, 6) is -1.56. The minimum Gasteiger partial charge on any atom is -0.354 e. The van der Waals surface area contributed by atoms with E-state index in [2.05, 4.69) is 5.32 Å². The van der Waals surface area contributed by atoms with Gasteiger partial charge in [0.2, 0.25) is 11.8 Å². The quantitative estimate of drug-likeness (QED) is 0.293. The molecule has 0 aromatic heterocycles. The Kier molecular flexibility index (Phi) is 10.7. The van der Waals surface area contributed by atoms with Gasteiger partial charge in [-0.15, -0.1) is 0 Å². The fourth-order valence-corrected chi connectivity index (χ4v) is 5.88. The molecule has 0 aliphatic rings. The zero-order chi connectivity index (χ0) is 28.6. The Hall–Kier alpha value is -3.14. The van der Waals surface area contributed by atoms with Gasteiger partial charge in [0, 0.05) is 23.1 Å². The Morgan fingerprint density at radius 2 is 1.64 bits per heavy atom. The molecule has 0 spiro atoms. The first kappa shape index (κ1) is 30.4. The van der Waals surface area contributed by atoms with Crippen LogP contribution in [0.2, 0.25) is 10.0 Å². The van der Waals surface area contributed by atoms with E-state index in [-0.39, 0.29) is 29.5 Å². The van der Waals surface area contributed by atoms with Crippen molar-refractivity contribution in [2.75, 3.05) is 17.4 Å². The third-order valence-electron chi connectivity index (χ3n) is 6.02. The van der Waals surface area contributed by atoms with Gasteiger partial charge in [0.15, 0.2) is 0 Å². The van der Waals surface area contributed by atoms with Gasteiger partial charge in [-0.1, -0.05) is 61.3 Å². The maximum Gasteiger partial charge on any atom is 0.264 e. The van der Waals surface area contributed by atoms with E-state index < -0.39 is 34.3 Å². The summed E-state index contributed by atoms with van der Waals surface area (Å²) in [6.07, 6.45) is 0.973. The average molecular weight is 595 g/mol. The third kappa shape index (κ3) is 7.71. The molecule has 0 saturated carbocycles. The molecule has 0 aliphatic heterocycles. The summed E-state index contributed by atoms with van der Waals surface area (Å²) in [6.45, 7) is 3.40. The van der Waals surface area contributed by atoms with Crippen molar-refractivity contribution in [3.05, 3.63) is 94.2 Å². The first-order valence-electron chi connectivity index (χ1n) is 12.4. The monoisotopic (exact) mass is 593 g/mol. The highest BCUT2D eigenvalue weighted by Crippen LogP contribution is 2.27. The van der Waals surface area contributed by atoms with E-state index in [4.69, 9.17) is 23.2 Å². The number of nitrogens with zero attached hydrogens (tertiary/aromatic N) is 2. The predicted molar refractivity (Wildman–Crippen MR) is 152 cm³/mol. The molecule has 3 aromatic rings. The maximum absolute atomic E-state index is 13.9. The Morgan fingerprint density at radius 1 is 0.974 bits per heavy atom. The Morgan fingerprint density at radius 3 is 2.23 bits per heavy atom. The van der Waals surface area contributed by atoms with Gasteiger partial charge in [-0.2, -0.15) is 0 Å². The number of halogens is 3. The first-order valence-corrected chi connectivity index (χ1v) is 14.6. The summed E-state index contributed by atoms with van der Waals surface area (Å²) in [5.41, 5.74) is 0.636. The highest BCUT2D eigenvalue weighted by molar-refractivity contribution is 7.92. The van der Waals surface area contributed by atoms with Crippen LogP contribution >= 0.6 is 23.2 Å². The second-order valence-electron chi connectivity index (χ2n) is 8.77. The van der Waals surface area contributed by atoms with E-state index in [1.165, 1.54) is 35.2 Å². The van der Waals surface area contributed by atoms with E-state index in [1.807, 2.05) is 6.92 Å². The standard InChI is InChI=1S/C28H30Cl2FN3O4S/c1-3-16-32-28(36)26(4-2)33(18-20-10-11-21(29)17-25(20)30)27(35)19-34(23-14-12-22(31)13-15-23)39(37,38)24-8-6-5-7-9-24/h5-15,17,26H,3-4,16,18-19H2,1-2H3,(H,32,36)/t26-/m1/s1. The van der Waals surface area contributed by atoms with Crippen LogP contribution in [0.5, 0.6) is 0 Å². The topological polar surface area (TPSA) is 86.8 Å². The number of carbonyl (C=O) groups is 2. The molecule has 0 aliphatic carbocycles. The van der Waals surface area contributed by atoms with Crippen LogP contribution in [-0.4, -0.2) is 44.3 Å². The normalized spacial score (nSPS) is 12.0. The van der Waals surface area contributed by atoms with Crippen molar-refractivity contribution in [2.45, 2.75) is 44.2 Å². The summed E-state index contributed by atoms with van der Waals surface area (Å²) < 4.78 is 42.0. The summed E-state index contributed by atoms with van der Waals surface area (Å²) >= 11 is 12.4.